The van der Waals surface area contributed by atoms with Crippen LogP contribution in [0.5, 0.6) is 0 Å². The van der Waals surface area contributed by atoms with Gasteiger partial charge in [-0.3, -0.25) is 9.69 Å². The van der Waals surface area contributed by atoms with Crippen LogP contribution in [0.1, 0.15) is 18.4 Å². The molecule has 0 bridgehead atoms. The minimum atomic E-state index is 0.121. The number of hydrogen-bond acceptors (Lipinski definition) is 4. The summed E-state index contributed by atoms with van der Waals surface area (Å²) in [5, 5.41) is 0.705. The summed E-state index contributed by atoms with van der Waals surface area (Å²) < 4.78 is 0. The van der Waals surface area contributed by atoms with Crippen molar-refractivity contribution in [1.29, 1.82) is 0 Å². The molecule has 2 saturated heterocycles. The second kappa shape index (κ2) is 8.89. The number of nitrogens with one attached hydrogen (secondary N) is 1. The highest BCUT2D eigenvalue weighted by Crippen LogP contribution is 2.26. The first-order valence-corrected chi connectivity index (χ1v) is 11.5. The summed E-state index contributed by atoms with van der Waals surface area (Å²) in [5.41, 5.74) is 3.21. The molecule has 0 saturated carbocycles. The standard InChI is InChI=1S/C24H28ClN5O/c25-20-6-7-21-22(16-20)27-24(26-21)30-10-8-19(9-11-30)23(31)29-14-12-28(13-15-29)17-18-4-2-1-3-5-18/h1-7,16,19H,8-15,17H2,(H,26,27). The highest BCUT2D eigenvalue weighted by Gasteiger charge is 2.31. The fraction of sp³-hybridized carbons (Fsp3) is 0.417. The van der Waals surface area contributed by atoms with Crippen LogP contribution in [0.3, 0.4) is 0 Å². The number of nitrogens with zero attached hydrogens (tertiary/aromatic N) is 4. The van der Waals surface area contributed by atoms with E-state index < -0.39 is 0 Å². The number of hydrogen-bond donors (Lipinski definition) is 1. The van der Waals surface area contributed by atoms with E-state index in [1.54, 1.807) is 0 Å². The maximum atomic E-state index is 13.1. The van der Waals surface area contributed by atoms with Crippen molar-refractivity contribution in [3.63, 3.8) is 0 Å². The van der Waals surface area contributed by atoms with Gasteiger partial charge < -0.3 is 14.8 Å². The Kier molecular flexibility index (Phi) is 5.83. The van der Waals surface area contributed by atoms with Crippen LogP contribution in [-0.4, -0.2) is 64.9 Å². The van der Waals surface area contributed by atoms with Crippen LogP contribution >= 0.6 is 11.6 Å². The topological polar surface area (TPSA) is 55.5 Å². The molecule has 2 aromatic carbocycles. The van der Waals surface area contributed by atoms with E-state index in [4.69, 9.17) is 16.6 Å². The van der Waals surface area contributed by atoms with Crippen molar-refractivity contribution in [1.82, 2.24) is 19.8 Å². The van der Waals surface area contributed by atoms with E-state index in [1.165, 1.54) is 5.56 Å². The molecule has 0 unspecified atom stereocenters. The third kappa shape index (κ3) is 4.55. The Bertz CT molecular complexity index is 1040. The fourth-order valence-corrected chi connectivity index (χ4v) is 4.85. The van der Waals surface area contributed by atoms with Crippen LogP contribution in [-0.2, 0) is 11.3 Å². The molecule has 1 N–H and O–H groups in total. The number of piperazine rings is 1. The highest BCUT2D eigenvalue weighted by atomic mass is 35.5. The lowest BCUT2D eigenvalue weighted by molar-refractivity contribution is -0.138. The molecule has 7 heteroatoms. The minimum Gasteiger partial charge on any atom is -0.342 e. The lowest BCUT2D eigenvalue weighted by Gasteiger charge is -2.38. The van der Waals surface area contributed by atoms with Gasteiger partial charge in [0.25, 0.3) is 0 Å². The summed E-state index contributed by atoms with van der Waals surface area (Å²) in [6.45, 7) is 6.20. The Balaban J connectivity index is 1.12. The number of anilines is 1. The van der Waals surface area contributed by atoms with Crippen LogP contribution in [0.15, 0.2) is 48.5 Å². The van der Waals surface area contributed by atoms with Crippen molar-refractivity contribution in [3.8, 4) is 0 Å². The Morgan fingerprint density at radius 2 is 1.74 bits per heavy atom. The molecule has 0 atom stereocenters. The number of piperidine rings is 1. The number of carbonyl (C=O) groups excluding carboxylic acids is 1. The number of fused-ring (bicyclic) bond motifs is 1. The molecule has 3 aromatic rings. The van der Waals surface area contributed by atoms with Gasteiger partial charge in [-0.1, -0.05) is 41.9 Å². The van der Waals surface area contributed by atoms with Crippen molar-refractivity contribution in [2.45, 2.75) is 19.4 Å². The number of aromatic nitrogens is 2. The van der Waals surface area contributed by atoms with Crippen LogP contribution in [0.2, 0.25) is 5.02 Å². The number of H-pyrrole nitrogens is 1. The molecule has 1 amide bonds. The average molecular weight is 438 g/mol. The van der Waals surface area contributed by atoms with Gasteiger partial charge in [-0.2, -0.15) is 0 Å². The quantitative estimate of drug-likeness (QED) is 0.675. The van der Waals surface area contributed by atoms with Crippen LogP contribution in [0.25, 0.3) is 11.0 Å². The summed E-state index contributed by atoms with van der Waals surface area (Å²) in [6, 6.07) is 16.3. The third-order valence-electron chi connectivity index (χ3n) is 6.51. The van der Waals surface area contributed by atoms with Gasteiger partial charge in [0.05, 0.1) is 11.0 Å². The van der Waals surface area contributed by atoms with E-state index in [0.29, 0.717) is 10.9 Å². The summed E-state index contributed by atoms with van der Waals surface area (Å²) in [6.07, 6.45) is 1.75. The average Bonchev–Trinajstić information content (AvgIpc) is 3.23. The summed E-state index contributed by atoms with van der Waals surface area (Å²) >= 11 is 6.08. The summed E-state index contributed by atoms with van der Waals surface area (Å²) in [5.74, 6) is 1.32. The van der Waals surface area contributed by atoms with Gasteiger partial charge in [0, 0.05) is 56.8 Å². The molecule has 2 aliphatic heterocycles. The van der Waals surface area contributed by atoms with E-state index in [-0.39, 0.29) is 5.92 Å². The summed E-state index contributed by atoms with van der Waals surface area (Å²) in [4.78, 5) is 27.9. The van der Waals surface area contributed by atoms with E-state index in [9.17, 15) is 4.79 Å². The predicted octanol–water partition coefficient (Wildman–Crippen LogP) is 3.78. The van der Waals surface area contributed by atoms with Gasteiger partial charge in [-0.15, -0.1) is 0 Å². The molecule has 0 radical (unpaired) electrons. The Hall–Kier alpha value is -2.57. The molecule has 162 valence electrons. The first kappa shape index (κ1) is 20.3. The van der Waals surface area contributed by atoms with E-state index in [1.807, 2.05) is 18.2 Å². The zero-order chi connectivity index (χ0) is 21.2. The second-order valence-corrected chi connectivity index (χ2v) is 9.01. The van der Waals surface area contributed by atoms with Crippen molar-refractivity contribution in [2.24, 2.45) is 5.92 Å². The number of amides is 1. The van der Waals surface area contributed by atoms with Gasteiger partial charge in [-0.05, 0) is 36.6 Å². The molecule has 5 rings (SSSR count). The van der Waals surface area contributed by atoms with Crippen LogP contribution < -0.4 is 4.90 Å². The number of aromatic amines is 1. The number of carbonyl (C=O) groups is 1. The lowest BCUT2D eigenvalue weighted by atomic mass is 9.95. The zero-order valence-corrected chi connectivity index (χ0v) is 18.4. The van der Waals surface area contributed by atoms with E-state index in [2.05, 4.69) is 50.0 Å². The number of rotatable bonds is 4. The van der Waals surface area contributed by atoms with Crippen molar-refractivity contribution < 1.29 is 4.79 Å². The molecule has 2 fully saturated rings. The maximum Gasteiger partial charge on any atom is 0.225 e. The molecule has 2 aliphatic rings. The predicted molar refractivity (Wildman–Crippen MR) is 124 cm³/mol. The lowest BCUT2D eigenvalue weighted by Crippen LogP contribution is -2.51. The smallest absolute Gasteiger partial charge is 0.225 e. The van der Waals surface area contributed by atoms with Gasteiger partial charge in [0.1, 0.15) is 0 Å². The molecule has 0 aliphatic carbocycles. The monoisotopic (exact) mass is 437 g/mol. The number of benzene rings is 2. The molecule has 6 nitrogen and oxygen atoms in total. The van der Waals surface area contributed by atoms with Crippen LogP contribution in [0, 0.1) is 5.92 Å². The van der Waals surface area contributed by atoms with E-state index >= 15 is 0 Å². The molecular formula is C24H28ClN5O. The Morgan fingerprint density at radius 3 is 2.48 bits per heavy atom. The normalized spacial score (nSPS) is 18.6. The van der Waals surface area contributed by atoms with Gasteiger partial charge in [0.2, 0.25) is 11.9 Å². The SMILES string of the molecule is O=C(C1CCN(c2nc3ccc(Cl)cc3[nH]2)CC1)N1CCN(Cc2ccccc2)CC1. The molecule has 3 heterocycles. The van der Waals surface area contributed by atoms with Crippen molar-refractivity contribution in [2.75, 3.05) is 44.2 Å². The second-order valence-electron chi connectivity index (χ2n) is 8.57. The summed E-state index contributed by atoms with van der Waals surface area (Å²) in [7, 11) is 0. The minimum absolute atomic E-state index is 0.121. The van der Waals surface area contributed by atoms with Gasteiger partial charge in [0.15, 0.2) is 0 Å². The van der Waals surface area contributed by atoms with Gasteiger partial charge in [-0.25, -0.2) is 4.98 Å². The Morgan fingerprint density at radius 1 is 1.00 bits per heavy atom. The zero-order valence-electron chi connectivity index (χ0n) is 17.6. The molecule has 31 heavy (non-hydrogen) atoms. The van der Waals surface area contributed by atoms with Gasteiger partial charge >= 0.3 is 0 Å². The molecule has 0 spiro atoms. The molecule has 1 aromatic heterocycles. The van der Waals surface area contributed by atoms with Crippen LogP contribution in [0.4, 0.5) is 5.95 Å². The van der Waals surface area contributed by atoms with E-state index in [0.717, 1.165) is 75.6 Å². The van der Waals surface area contributed by atoms with Crippen molar-refractivity contribution in [3.05, 3.63) is 59.1 Å². The molecular weight excluding hydrogens is 410 g/mol. The third-order valence-corrected chi connectivity index (χ3v) is 6.74. The fourth-order valence-electron chi connectivity index (χ4n) is 4.68. The maximum absolute atomic E-state index is 13.1. The highest BCUT2D eigenvalue weighted by molar-refractivity contribution is 6.31. The largest absolute Gasteiger partial charge is 0.342 e. The van der Waals surface area contributed by atoms with Crippen molar-refractivity contribution >= 4 is 34.5 Å². The number of imidazole rings is 1. The first-order chi connectivity index (χ1) is 15.2. The Labute approximate surface area is 187 Å². The first-order valence-electron chi connectivity index (χ1n) is 11.1. The number of halogens is 1.